The van der Waals surface area contributed by atoms with Crippen LogP contribution in [0.4, 0.5) is 0 Å². The van der Waals surface area contributed by atoms with Crippen molar-refractivity contribution in [2.45, 2.75) is 40.7 Å². The van der Waals surface area contributed by atoms with Gasteiger partial charge in [0, 0.05) is 19.5 Å². The van der Waals surface area contributed by atoms with Crippen LogP contribution in [0.3, 0.4) is 0 Å². The first-order valence-corrected chi connectivity index (χ1v) is 9.22. The van der Waals surface area contributed by atoms with Crippen molar-refractivity contribution in [2.75, 3.05) is 26.2 Å². The Hall–Kier alpha value is -1.84. The summed E-state index contributed by atoms with van der Waals surface area (Å²) < 4.78 is 7.86. The second kappa shape index (κ2) is 12.5. The summed E-state index contributed by atoms with van der Waals surface area (Å²) in [5.41, 5.74) is 2.42. The second-order valence-corrected chi connectivity index (χ2v) is 6.15. The van der Waals surface area contributed by atoms with Gasteiger partial charge in [0.2, 0.25) is 0 Å². The minimum absolute atomic E-state index is 0. The lowest BCUT2D eigenvalue weighted by molar-refractivity contribution is 0.321. The smallest absolute Gasteiger partial charge is 0.191 e. The zero-order valence-corrected chi connectivity index (χ0v) is 19.0. The van der Waals surface area contributed by atoms with E-state index in [-0.39, 0.29) is 24.0 Å². The van der Waals surface area contributed by atoms with Crippen molar-refractivity contribution in [1.29, 1.82) is 0 Å². The van der Waals surface area contributed by atoms with Gasteiger partial charge in [0.05, 0.1) is 13.1 Å². The first-order chi connectivity index (χ1) is 12.6. The van der Waals surface area contributed by atoms with Crippen LogP contribution in [0, 0.1) is 13.8 Å². The molecule has 0 aliphatic carbocycles. The Bertz CT molecular complexity index is 696. The van der Waals surface area contributed by atoms with Crippen molar-refractivity contribution < 1.29 is 4.74 Å². The summed E-state index contributed by atoms with van der Waals surface area (Å²) in [4.78, 5) is 4.60. The van der Waals surface area contributed by atoms with Crippen LogP contribution in [-0.2, 0) is 13.0 Å². The number of aromatic nitrogens is 3. The van der Waals surface area contributed by atoms with Gasteiger partial charge in [0.15, 0.2) is 5.96 Å². The monoisotopic (exact) mass is 486 g/mol. The third-order valence-corrected chi connectivity index (χ3v) is 3.83. The van der Waals surface area contributed by atoms with Crippen LogP contribution in [0.25, 0.3) is 0 Å². The third kappa shape index (κ3) is 8.15. The molecule has 1 aromatic carbocycles. The summed E-state index contributed by atoms with van der Waals surface area (Å²) >= 11 is 0. The van der Waals surface area contributed by atoms with Gasteiger partial charge < -0.3 is 19.9 Å². The maximum Gasteiger partial charge on any atom is 0.191 e. The molecule has 0 amide bonds. The van der Waals surface area contributed by atoms with Crippen molar-refractivity contribution in [3.8, 4) is 5.75 Å². The van der Waals surface area contributed by atoms with Crippen molar-refractivity contribution in [2.24, 2.45) is 4.99 Å². The summed E-state index contributed by atoms with van der Waals surface area (Å²) in [7, 11) is 0. The Balaban J connectivity index is 0.00000364. The van der Waals surface area contributed by atoms with E-state index >= 15 is 0 Å². The van der Waals surface area contributed by atoms with E-state index in [2.05, 4.69) is 71.7 Å². The average Bonchev–Trinajstić information content (AvgIpc) is 3.05. The van der Waals surface area contributed by atoms with Crippen molar-refractivity contribution >= 4 is 29.9 Å². The van der Waals surface area contributed by atoms with Gasteiger partial charge in [-0.3, -0.25) is 4.99 Å². The highest BCUT2D eigenvalue weighted by molar-refractivity contribution is 14.0. The molecule has 7 nitrogen and oxygen atoms in total. The minimum Gasteiger partial charge on any atom is -0.492 e. The Kier molecular flexibility index (Phi) is 10.8. The molecule has 0 atom stereocenters. The molecule has 27 heavy (non-hydrogen) atoms. The van der Waals surface area contributed by atoms with Gasteiger partial charge in [-0.05, 0) is 44.0 Å². The zero-order valence-electron chi connectivity index (χ0n) is 16.7. The van der Waals surface area contributed by atoms with Crippen molar-refractivity contribution in [3.63, 3.8) is 0 Å². The molecule has 0 fully saturated rings. The number of guanidine groups is 1. The van der Waals surface area contributed by atoms with E-state index < -0.39 is 0 Å². The number of rotatable bonds is 9. The lowest BCUT2D eigenvalue weighted by atomic mass is 10.1. The molecule has 150 valence electrons. The first kappa shape index (κ1) is 23.2. The number of halogens is 1. The largest absolute Gasteiger partial charge is 0.492 e. The number of hydrogen-bond donors (Lipinski definition) is 2. The molecule has 0 saturated carbocycles. The number of benzene rings is 1. The van der Waals surface area contributed by atoms with Crippen LogP contribution in [0.2, 0.25) is 0 Å². The van der Waals surface area contributed by atoms with Gasteiger partial charge in [-0.1, -0.05) is 13.0 Å². The number of nitrogens with one attached hydrogen (secondary N) is 2. The number of aryl methyl sites for hydroxylation is 3. The van der Waals surface area contributed by atoms with Gasteiger partial charge in [-0.25, -0.2) is 0 Å². The maximum atomic E-state index is 5.82. The zero-order chi connectivity index (χ0) is 18.8. The van der Waals surface area contributed by atoms with Gasteiger partial charge in [-0.2, -0.15) is 0 Å². The average molecular weight is 486 g/mol. The van der Waals surface area contributed by atoms with Gasteiger partial charge in [-0.15, -0.1) is 34.2 Å². The fourth-order valence-corrected chi connectivity index (χ4v) is 2.71. The molecule has 2 N–H and O–H groups in total. The van der Waals surface area contributed by atoms with Crippen LogP contribution in [0.5, 0.6) is 5.75 Å². The van der Waals surface area contributed by atoms with Crippen LogP contribution < -0.4 is 15.4 Å². The predicted octanol–water partition coefficient (Wildman–Crippen LogP) is 2.71. The molecule has 0 unspecified atom stereocenters. The maximum absolute atomic E-state index is 5.82. The minimum atomic E-state index is 0. The quantitative estimate of drug-likeness (QED) is 0.247. The van der Waals surface area contributed by atoms with E-state index in [1.165, 1.54) is 11.1 Å². The second-order valence-electron chi connectivity index (χ2n) is 6.15. The fraction of sp³-hybridized carbons (Fsp3) is 0.526. The molecule has 1 aromatic heterocycles. The molecule has 0 spiro atoms. The number of ether oxygens (including phenoxy) is 1. The highest BCUT2D eigenvalue weighted by Gasteiger charge is 2.02. The van der Waals surface area contributed by atoms with E-state index in [1.54, 1.807) is 6.33 Å². The van der Waals surface area contributed by atoms with E-state index in [9.17, 15) is 0 Å². The molecule has 0 radical (unpaired) electrons. The summed E-state index contributed by atoms with van der Waals surface area (Å²) in [6.45, 7) is 11.8. The number of aliphatic imine (C=N–C) groups is 1. The van der Waals surface area contributed by atoms with E-state index in [4.69, 9.17) is 4.74 Å². The molecule has 0 aliphatic heterocycles. The first-order valence-electron chi connectivity index (χ1n) is 9.22. The molecule has 0 aliphatic rings. The fourth-order valence-electron chi connectivity index (χ4n) is 2.71. The van der Waals surface area contributed by atoms with Gasteiger partial charge >= 0.3 is 0 Å². The molecule has 2 rings (SSSR count). The lowest BCUT2D eigenvalue weighted by Crippen LogP contribution is -2.39. The predicted molar refractivity (Wildman–Crippen MR) is 120 cm³/mol. The molecule has 0 bridgehead atoms. The van der Waals surface area contributed by atoms with Crippen LogP contribution in [0.1, 0.15) is 30.8 Å². The lowest BCUT2D eigenvalue weighted by Gasteiger charge is -2.13. The van der Waals surface area contributed by atoms with E-state index in [1.807, 2.05) is 4.57 Å². The molecular formula is C19H31IN6O. The van der Waals surface area contributed by atoms with Crippen LogP contribution in [0.15, 0.2) is 29.5 Å². The van der Waals surface area contributed by atoms with E-state index in [0.29, 0.717) is 19.7 Å². The molecular weight excluding hydrogens is 455 g/mol. The van der Waals surface area contributed by atoms with Crippen LogP contribution >= 0.6 is 24.0 Å². The molecule has 2 aromatic rings. The number of hydrogen-bond acceptors (Lipinski definition) is 4. The van der Waals surface area contributed by atoms with E-state index in [0.717, 1.165) is 37.0 Å². The van der Waals surface area contributed by atoms with Crippen LogP contribution in [-0.4, -0.2) is 47.0 Å². The summed E-state index contributed by atoms with van der Waals surface area (Å²) in [5, 5.41) is 14.6. The molecule has 1 heterocycles. The van der Waals surface area contributed by atoms with Crippen molar-refractivity contribution in [3.05, 3.63) is 41.5 Å². The topological polar surface area (TPSA) is 76.4 Å². The third-order valence-electron chi connectivity index (χ3n) is 3.83. The Morgan fingerprint density at radius 2 is 1.89 bits per heavy atom. The van der Waals surface area contributed by atoms with Gasteiger partial charge in [0.25, 0.3) is 0 Å². The highest BCUT2D eigenvalue weighted by Crippen LogP contribution is 2.15. The Morgan fingerprint density at radius 1 is 1.15 bits per heavy atom. The molecule has 0 saturated heterocycles. The summed E-state index contributed by atoms with van der Waals surface area (Å²) in [6.07, 6.45) is 2.63. The van der Waals surface area contributed by atoms with Gasteiger partial charge in [0.1, 0.15) is 24.5 Å². The van der Waals surface area contributed by atoms with Crippen molar-refractivity contribution in [1.82, 2.24) is 25.4 Å². The summed E-state index contributed by atoms with van der Waals surface area (Å²) in [5.74, 6) is 2.69. The molecule has 8 heteroatoms. The summed E-state index contributed by atoms with van der Waals surface area (Å²) in [6, 6.07) is 6.24. The number of nitrogens with zero attached hydrogens (tertiary/aromatic N) is 4. The SMILES string of the molecule is CCNC(=NCCn1cnnc1CC)NCCOc1cc(C)cc(C)c1.I. The Labute approximate surface area is 179 Å². The Morgan fingerprint density at radius 3 is 2.56 bits per heavy atom. The normalized spacial score (nSPS) is 11.0. The highest BCUT2D eigenvalue weighted by atomic mass is 127. The standard InChI is InChI=1S/C19H30N6O.HI/c1-5-18-24-23-14-25(18)9-7-21-19(20-6-2)22-8-10-26-17-12-15(3)11-16(4)13-17;/h11-14H,5-10H2,1-4H3,(H2,20,21,22);1H.